The summed E-state index contributed by atoms with van der Waals surface area (Å²) in [5.74, 6) is 0. The van der Waals surface area contributed by atoms with E-state index in [0.717, 1.165) is 17.5 Å². The van der Waals surface area contributed by atoms with Crippen molar-refractivity contribution in [3.63, 3.8) is 0 Å². The van der Waals surface area contributed by atoms with E-state index < -0.39 is 11.1 Å². The van der Waals surface area contributed by atoms with Crippen molar-refractivity contribution in [1.82, 2.24) is 0 Å². The van der Waals surface area contributed by atoms with Gasteiger partial charge in [-0.2, -0.15) is 0 Å². The van der Waals surface area contributed by atoms with Gasteiger partial charge in [-0.1, -0.05) is 19.1 Å². The first-order chi connectivity index (χ1) is 5.66. The molecule has 0 heterocycles. The third kappa shape index (κ3) is 1.73. The van der Waals surface area contributed by atoms with Crippen molar-refractivity contribution in [2.75, 3.05) is 0 Å². The molecule has 1 aromatic carbocycles. The lowest BCUT2D eigenvalue weighted by Crippen LogP contribution is -1.97. The van der Waals surface area contributed by atoms with Crippen LogP contribution in [0.3, 0.4) is 0 Å². The Balaban J connectivity index is 3.27. The first kappa shape index (κ1) is 9.42. The molecular weight excluding hydrogens is 172 g/mol. The van der Waals surface area contributed by atoms with Crippen LogP contribution in [-0.4, -0.2) is 8.76 Å². The van der Waals surface area contributed by atoms with E-state index in [0.29, 0.717) is 4.90 Å². The molecule has 1 aromatic rings. The van der Waals surface area contributed by atoms with E-state index in [-0.39, 0.29) is 0 Å². The summed E-state index contributed by atoms with van der Waals surface area (Å²) in [4.78, 5) is 0.539. The predicted octanol–water partition coefficient (Wildman–Crippen LogP) is 2.14. The fraction of sp³-hybridized carbons (Fsp3) is 0.333. The summed E-state index contributed by atoms with van der Waals surface area (Å²) >= 11 is -1.85. The Hall–Kier alpha value is -0.670. The molecule has 3 heteroatoms. The number of benzene rings is 1. The molecule has 1 atom stereocenters. The third-order valence-corrected chi connectivity index (χ3v) is 2.67. The van der Waals surface area contributed by atoms with Crippen LogP contribution >= 0.6 is 0 Å². The molecule has 1 unspecified atom stereocenters. The lowest BCUT2D eigenvalue weighted by atomic mass is 10.1. The maximum absolute atomic E-state index is 10.8. The zero-order valence-corrected chi connectivity index (χ0v) is 8.02. The van der Waals surface area contributed by atoms with E-state index in [1.54, 1.807) is 12.1 Å². The van der Waals surface area contributed by atoms with E-state index in [1.165, 1.54) is 0 Å². The minimum Gasteiger partial charge on any atom is -0.302 e. The minimum atomic E-state index is -1.85. The maximum atomic E-state index is 10.8. The summed E-state index contributed by atoms with van der Waals surface area (Å²) < 4.78 is 19.8. The molecule has 2 nitrogen and oxygen atoms in total. The molecule has 0 aliphatic heterocycles. The van der Waals surface area contributed by atoms with Gasteiger partial charge in [0.05, 0.1) is 4.90 Å². The molecule has 0 spiro atoms. The van der Waals surface area contributed by atoms with Gasteiger partial charge in [0.1, 0.15) is 0 Å². The Morgan fingerprint density at radius 3 is 2.58 bits per heavy atom. The van der Waals surface area contributed by atoms with Gasteiger partial charge in [-0.15, -0.1) is 0 Å². The monoisotopic (exact) mass is 184 g/mol. The number of hydrogen-bond acceptors (Lipinski definition) is 1. The summed E-state index contributed by atoms with van der Waals surface area (Å²) in [5.41, 5.74) is 2.07. The van der Waals surface area contributed by atoms with Crippen LogP contribution in [0.5, 0.6) is 0 Å². The van der Waals surface area contributed by atoms with Gasteiger partial charge in [-0.3, -0.25) is 0 Å². The van der Waals surface area contributed by atoms with Crippen molar-refractivity contribution < 1.29 is 8.76 Å². The third-order valence-electron chi connectivity index (χ3n) is 1.91. The fourth-order valence-corrected chi connectivity index (χ4v) is 2.00. The van der Waals surface area contributed by atoms with Gasteiger partial charge in [0.2, 0.25) is 0 Å². The predicted molar refractivity (Wildman–Crippen MR) is 49.6 cm³/mol. The molecule has 0 aliphatic rings. The van der Waals surface area contributed by atoms with Crippen LogP contribution in [0.1, 0.15) is 18.1 Å². The molecule has 0 aliphatic carbocycles. The second-order valence-corrected chi connectivity index (χ2v) is 3.59. The molecule has 0 amide bonds. The van der Waals surface area contributed by atoms with E-state index in [1.807, 2.05) is 19.9 Å². The second kappa shape index (κ2) is 3.83. The zero-order valence-electron chi connectivity index (χ0n) is 7.20. The molecule has 1 N–H and O–H groups in total. The summed E-state index contributed by atoms with van der Waals surface area (Å²) in [6.07, 6.45) is 0.800. The molecular formula is C9H12O2S. The number of rotatable bonds is 2. The standard InChI is InChI=1S/C9H12O2S/c1-3-8-7(2)5-4-6-9(8)12(10)11/h4-6H,3H2,1-2H3,(H,10,11). The van der Waals surface area contributed by atoms with Gasteiger partial charge in [0.15, 0.2) is 11.1 Å². The van der Waals surface area contributed by atoms with Crippen molar-refractivity contribution in [2.24, 2.45) is 0 Å². The highest BCUT2D eigenvalue weighted by molar-refractivity contribution is 7.79. The van der Waals surface area contributed by atoms with Crippen LogP contribution in [0.25, 0.3) is 0 Å². The highest BCUT2D eigenvalue weighted by atomic mass is 32.2. The van der Waals surface area contributed by atoms with Gasteiger partial charge in [0.25, 0.3) is 0 Å². The van der Waals surface area contributed by atoms with Gasteiger partial charge < -0.3 is 4.55 Å². The van der Waals surface area contributed by atoms with Crippen molar-refractivity contribution >= 4 is 11.1 Å². The normalized spacial score (nSPS) is 12.9. The van der Waals surface area contributed by atoms with E-state index in [9.17, 15) is 4.21 Å². The Labute approximate surface area is 74.9 Å². The average molecular weight is 184 g/mol. The number of aryl methyl sites for hydroxylation is 1. The lowest BCUT2D eigenvalue weighted by Gasteiger charge is -2.06. The minimum absolute atomic E-state index is 0.539. The summed E-state index contributed by atoms with van der Waals surface area (Å²) in [6.45, 7) is 3.94. The van der Waals surface area contributed by atoms with E-state index in [2.05, 4.69) is 0 Å². The van der Waals surface area contributed by atoms with Gasteiger partial charge in [0, 0.05) is 0 Å². The van der Waals surface area contributed by atoms with Gasteiger partial charge >= 0.3 is 0 Å². The van der Waals surface area contributed by atoms with E-state index >= 15 is 0 Å². The molecule has 66 valence electrons. The SMILES string of the molecule is CCc1c(C)cccc1S(=O)O. The smallest absolute Gasteiger partial charge is 0.186 e. The van der Waals surface area contributed by atoms with Crippen molar-refractivity contribution in [3.8, 4) is 0 Å². The van der Waals surface area contributed by atoms with Gasteiger partial charge in [-0.25, -0.2) is 4.21 Å². The largest absolute Gasteiger partial charge is 0.302 e. The van der Waals surface area contributed by atoms with Crippen molar-refractivity contribution in [3.05, 3.63) is 29.3 Å². The van der Waals surface area contributed by atoms with Crippen LogP contribution < -0.4 is 0 Å². The Morgan fingerprint density at radius 1 is 1.50 bits per heavy atom. The maximum Gasteiger partial charge on any atom is 0.186 e. The molecule has 0 saturated heterocycles. The summed E-state index contributed by atoms with van der Waals surface area (Å²) in [7, 11) is 0. The van der Waals surface area contributed by atoms with Crippen LogP contribution in [0.4, 0.5) is 0 Å². The molecule has 0 bridgehead atoms. The van der Waals surface area contributed by atoms with E-state index in [4.69, 9.17) is 4.55 Å². The lowest BCUT2D eigenvalue weighted by molar-refractivity contribution is 0.563. The van der Waals surface area contributed by atoms with Crippen LogP contribution in [0.2, 0.25) is 0 Å². The first-order valence-electron chi connectivity index (χ1n) is 3.86. The average Bonchev–Trinajstić information content (AvgIpc) is 2.03. The Morgan fingerprint density at radius 2 is 2.17 bits per heavy atom. The first-order valence-corrected chi connectivity index (χ1v) is 4.96. The molecule has 1 rings (SSSR count). The fourth-order valence-electron chi connectivity index (χ4n) is 1.29. The summed E-state index contributed by atoms with van der Waals surface area (Å²) in [5, 5.41) is 0. The Bertz CT molecular complexity index is 307. The molecule has 12 heavy (non-hydrogen) atoms. The van der Waals surface area contributed by atoms with Crippen molar-refractivity contribution in [2.45, 2.75) is 25.2 Å². The molecule has 0 fully saturated rings. The van der Waals surface area contributed by atoms with Crippen LogP contribution in [-0.2, 0) is 17.5 Å². The van der Waals surface area contributed by atoms with Crippen LogP contribution in [0, 0.1) is 6.92 Å². The molecule has 0 saturated carbocycles. The quantitative estimate of drug-likeness (QED) is 0.715. The van der Waals surface area contributed by atoms with Gasteiger partial charge in [-0.05, 0) is 30.5 Å². The second-order valence-electron chi connectivity index (χ2n) is 2.65. The topological polar surface area (TPSA) is 37.3 Å². The number of hydrogen-bond donors (Lipinski definition) is 1. The van der Waals surface area contributed by atoms with Crippen LogP contribution in [0.15, 0.2) is 23.1 Å². The van der Waals surface area contributed by atoms with Crippen molar-refractivity contribution in [1.29, 1.82) is 0 Å². The molecule has 0 aromatic heterocycles. The summed E-state index contributed by atoms with van der Waals surface area (Å²) in [6, 6.07) is 5.45. The molecule has 0 radical (unpaired) electrons. The zero-order chi connectivity index (χ0) is 9.14. The highest BCUT2D eigenvalue weighted by Crippen LogP contribution is 2.17. The Kier molecular flexibility index (Phi) is 3.00. The highest BCUT2D eigenvalue weighted by Gasteiger charge is 2.07.